The summed E-state index contributed by atoms with van der Waals surface area (Å²) in [5, 5.41) is 3.24. The van der Waals surface area contributed by atoms with E-state index in [1.807, 2.05) is 0 Å². The molecule has 1 rings (SSSR count). The number of hydrogen-bond donors (Lipinski definition) is 0. The molecule has 0 spiro atoms. The molecule has 0 aliphatic heterocycles. The minimum Gasteiger partial charge on any atom is -0.292 e. The van der Waals surface area contributed by atoms with E-state index in [1.54, 1.807) is 11.3 Å². The van der Waals surface area contributed by atoms with E-state index in [2.05, 4.69) is 43.0 Å². The zero-order valence-electron chi connectivity index (χ0n) is 10.5. The summed E-state index contributed by atoms with van der Waals surface area (Å²) in [6.45, 7) is 10.00. The van der Waals surface area contributed by atoms with Gasteiger partial charge in [0.1, 0.15) is 5.01 Å². The monoisotopic (exact) mass is 260 g/mol. The first-order valence-corrected chi connectivity index (χ1v) is 7.31. The van der Waals surface area contributed by atoms with Crippen molar-refractivity contribution >= 4 is 22.9 Å². The van der Waals surface area contributed by atoms with E-state index >= 15 is 0 Å². The second-order valence-electron chi connectivity index (χ2n) is 4.07. The van der Waals surface area contributed by atoms with Crippen molar-refractivity contribution in [3.63, 3.8) is 0 Å². The molecule has 0 saturated heterocycles. The molecule has 0 fully saturated rings. The highest BCUT2D eigenvalue weighted by Gasteiger charge is 2.21. The average molecular weight is 261 g/mol. The molecule has 2 nitrogen and oxygen atoms in total. The van der Waals surface area contributed by atoms with Crippen LogP contribution in [0.15, 0.2) is 5.38 Å². The Morgan fingerprint density at radius 3 is 2.56 bits per heavy atom. The van der Waals surface area contributed by atoms with Gasteiger partial charge in [-0.05, 0) is 26.8 Å². The molecule has 0 aliphatic rings. The van der Waals surface area contributed by atoms with E-state index in [0.717, 1.165) is 12.2 Å². The third-order valence-corrected chi connectivity index (χ3v) is 4.42. The Labute approximate surface area is 108 Å². The number of thiazole rings is 1. The van der Waals surface area contributed by atoms with Crippen LogP contribution in [0.4, 0.5) is 0 Å². The maximum absolute atomic E-state index is 5.78. The van der Waals surface area contributed by atoms with Crippen molar-refractivity contribution in [2.24, 2.45) is 0 Å². The topological polar surface area (TPSA) is 16.1 Å². The van der Waals surface area contributed by atoms with Crippen molar-refractivity contribution in [3.05, 3.63) is 16.1 Å². The normalized spacial score (nSPS) is 15.4. The third kappa shape index (κ3) is 3.19. The van der Waals surface area contributed by atoms with Crippen molar-refractivity contribution in [3.8, 4) is 0 Å². The number of halogens is 1. The van der Waals surface area contributed by atoms with Crippen molar-refractivity contribution in [2.75, 3.05) is 6.54 Å². The summed E-state index contributed by atoms with van der Waals surface area (Å²) < 4.78 is 0. The van der Waals surface area contributed by atoms with Gasteiger partial charge in [-0.25, -0.2) is 4.98 Å². The molecule has 2 atom stereocenters. The molecule has 1 aromatic heterocycles. The van der Waals surface area contributed by atoms with Gasteiger partial charge in [-0.3, -0.25) is 4.90 Å². The van der Waals surface area contributed by atoms with Gasteiger partial charge in [-0.2, -0.15) is 0 Å². The van der Waals surface area contributed by atoms with E-state index in [0.29, 0.717) is 18.0 Å². The van der Waals surface area contributed by atoms with Gasteiger partial charge in [0.2, 0.25) is 0 Å². The number of alkyl halides is 1. The van der Waals surface area contributed by atoms with Crippen molar-refractivity contribution in [2.45, 2.75) is 52.1 Å². The van der Waals surface area contributed by atoms with Gasteiger partial charge in [0, 0.05) is 11.4 Å². The predicted octanol–water partition coefficient (Wildman–Crippen LogP) is 4.06. The summed E-state index contributed by atoms with van der Waals surface area (Å²) in [6, 6.07) is 0.991. The van der Waals surface area contributed by atoms with Crippen LogP contribution in [0.2, 0.25) is 0 Å². The summed E-state index contributed by atoms with van der Waals surface area (Å²) in [7, 11) is 0. The fourth-order valence-corrected chi connectivity index (χ4v) is 3.04. The van der Waals surface area contributed by atoms with Crippen LogP contribution < -0.4 is 0 Å². The van der Waals surface area contributed by atoms with Gasteiger partial charge >= 0.3 is 0 Å². The quantitative estimate of drug-likeness (QED) is 0.717. The highest BCUT2D eigenvalue weighted by molar-refractivity contribution is 7.09. The van der Waals surface area contributed by atoms with Gasteiger partial charge in [-0.1, -0.05) is 13.8 Å². The Hall–Kier alpha value is -0.120. The van der Waals surface area contributed by atoms with Crippen LogP contribution in [0.1, 0.15) is 50.9 Å². The van der Waals surface area contributed by atoms with Gasteiger partial charge in [0.15, 0.2) is 0 Å². The first kappa shape index (κ1) is 13.9. The summed E-state index contributed by atoms with van der Waals surface area (Å²) in [5.41, 5.74) is 0.994. The number of aromatic nitrogens is 1. The molecule has 0 radical (unpaired) electrons. The summed E-state index contributed by atoms with van der Waals surface area (Å²) in [4.78, 5) is 7.04. The fraction of sp³-hybridized carbons (Fsp3) is 0.750. The lowest BCUT2D eigenvalue weighted by Gasteiger charge is -2.31. The van der Waals surface area contributed by atoms with Gasteiger partial charge in [0.05, 0.1) is 17.6 Å². The maximum Gasteiger partial charge on any atom is 0.110 e. The first-order valence-electron chi connectivity index (χ1n) is 5.89. The van der Waals surface area contributed by atoms with Gasteiger partial charge in [-0.15, -0.1) is 22.9 Å². The van der Waals surface area contributed by atoms with Crippen molar-refractivity contribution < 1.29 is 0 Å². The maximum atomic E-state index is 5.78. The van der Waals surface area contributed by atoms with Crippen LogP contribution in [0.5, 0.6) is 0 Å². The number of rotatable bonds is 6. The molecule has 1 aromatic rings. The van der Waals surface area contributed by atoms with E-state index in [1.165, 1.54) is 11.4 Å². The zero-order valence-corrected chi connectivity index (χ0v) is 12.1. The average Bonchev–Trinajstić information content (AvgIpc) is 2.78. The molecular weight excluding hydrogens is 240 g/mol. The lowest BCUT2D eigenvalue weighted by Crippen LogP contribution is -2.34. The molecule has 0 saturated carbocycles. The second kappa shape index (κ2) is 6.58. The number of nitrogens with zero attached hydrogens (tertiary/aromatic N) is 2. The SMILES string of the molecule is CCC(C)N(CC)C(C)c1nc(CCl)cs1. The van der Waals surface area contributed by atoms with Gasteiger partial charge < -0.3 is 0 Å². The molecule has 2 unspecified atom stereocenters. The summed E-state index contributed by atoms with van der Waals surface area (Å²) in [5.74, 6) is 0.513. The molecule has 0 bridgehead atoms. The first-order chi connectivity index (χ1) is 7.63. The standard InChI is InChI=1S/C12H21ClN2S/c1-5-9(3)15(6-2)10(4)12-14-11(7-13)8-16-12/h8-10H,5-7H2,1-4H3. The Morgan fingerprint density at radius 2 is 2.12 bits per heavy atom. The van der Waals surface area contributed by atoms with Gasteiger partial charge in [0.25, 0.3) is 0 Å². The van der Waals surface area contributed by atoms with E-state index < -0.39 is 0 Å². The van der Waals surface area contributed by atoms with Crippen LogP contribution in [-0.2, 0) is 5.88 Å². The van der Waals surface area contributed by atoms with Crippen LogP contribution in [0.25, 0.3) is 0 Å². The van der Waals surface area contributed by atoms with E-state index in [4.69, 9.17) is 11.6 Å². The Kier molecular flexibility index (Phi) is 5.73. The molecule has 16 heavy (non-hydrogen) atoms. The second-order valence-corrected chi connectivity index (χ2v) is 5.23. The molecule has 1 heterocycles. The summed E-state index contributed by atoms with van der Waals surface area (Å²) >= 11 is 7.50. The third-order valence-electron chi connectivity index (χ3n) is 3.08. The number of hydrogen-bond acceptors (Lipinski definition) is 3. The smallest absolute Gasteiger partial charge is 0.110 e. The minimum absolute atomic E-state index is 0.391. The highest BCUT2D eigenvalue weighted by atomic mass is 35.5. The van der Waals surface area contributed by atoms with Crippen LogP contribution in [-0.4, -0.2) is 22.5 Å². The van der Waals surface area contributed by atoms with Crippen molar-refractivity contribution in [1.29, 1.82) is 0 Å². The molecule has 0 N–H and O–H groups in total. The van der Waals surface area contributed by atoms with Crippen LogP contribution >= 0.6 is 22.9 Å². The Balaban J connectivity index is 2.77. The Bertz CT molecular complexity index is 314. The zero-order chi connectivity index (χ0) is 12.1. The molecule has 0 amide bonds. The van der Waals surface area contributed by atoms with E-state index in [-0.39, 0.29) is 0 Å². The van der Waals surface area contributed by atoms with E-state index in [9.17, 15) is 0 Å². The molecular formula is C12H21ClN2S. The predicted molar refractivity (Wildman–Crippen MR) is 72.2 cm³/mol. The fourth-order valence-electron chi connectivity index (χ4n) is 1.92. The highest BCUT2D eigenvalue weighted by Crippen LogP contribution is 2.26. The van der Waals surface area contributed by atoms with Crippen LogP contribution in [0, 0.1) is 0 Å². The van der Waals surface area contributed by atoms with Crippen LogP contribution in [0.3, 0.4) is 0 Å². The lowest BCUT2D eigenvalue weighted by atomic mass is 10.1. The summed E-state index contributed by atoms with van der Waals surface area (Å²) in [6.07, 6.45) is 1.17. The molecule has 4 heteroatoms. The molecule has 0 aliphatic carbocycles. The molecule has 0 aromatic carbocycles. The minimum atomic E-state index is 0.391. The van der Waals surface area contributed by atoms with Crippen molar-refractivity contribution in [1.82, 2.24) is 9.88 Å². The Morgan fingerprint density at radius 1 is 1.44 bits per heavy atom. The largest absolute Gasteiger partial charge is 0.292 e. The lowest BCUT2D eigenvalue weighted by molar-refractivity contribution is 0.159. The molecule has 92 valence electrons.